The van der Waals surface area contributed by atoms with Gasteiger partial charge >= 0.3 is 0 Å². The molecule has 100 valence electrons. The van der Waals surface area contributed by atoms with Crippen molar-refractivity contribution in [3.63, 3.8) is 0 Å². The highest BCUT2D eigenvalue weighted by Gasteiger charge is 2.13. The molecule has 0 aliphatic rings. The molecule has 2 N–H and O–H groups in total. The van der Waals surface area contributed by atoms with Gasteiger partial charge in [-0.3, -0.25) is 0 Å². The second-order valence-electron chi connectivity index (χ2n) is 4.94. The van der Waals surface area contributed by atoms with Crippen LogP contribution in [-0.2, 0) is 0 Å². The Morgan fingerprint density at radius 3 is 2.47 bits per heavy atom. The number of aryl methyl sites for hydroxylation is 2. The number of pyridine rings is 1. The predicted octanol–water partition coefficient (Wildman–Crippen LogP) is 3.82. The number of hydrogen-bond donors (Lipinski definition) is 1. The molecule has 19 heavy (non-hydrogen) atoms. The largest absolute Gasteiger partial charge is 0.438 e. The van der Waals surface area contributed by atoms with Crippen LogP contribution in [0.3, 0.4) is 0 Å². The lowest BCUT2D eigenvalue weighted by Crippen LogP contribution is -2.08. The average molecular weight is 256 g/mol. The maximum atomic E-state index is 6.02. The summed E-state index contributed by atoms with van der Waals surface area (Å²) in [5.74, 6) is 1.47. The third kappa shape index (κ3) is 2.76. The predicted molar refractivity (Wildman–Crippen MR) is 77.6 cm³/mol. The van der Waals surface area contributed by atoms with E-state index in [1.807, 2.05) is 26.0 Å². The fourth-order valence-electron chi connectivity index (χ4n) is 2.01. The molecule has 0 fully saturated rings. The molecular formula is C16H20N2O. The zero-order valence-electron chi connectivity index (χ0n) is 11.9. The number of aromatic nitrogens is 1. The van der Waals surface area contributed by atoms with Gasteiger partial charge in [0.2, 0.25) is 5.88 Å². The van der Waals surface area contributed by atoms with Crippen molar-refractivity contribution in [3.8, 4) is 11.6 Å². The Morgan fingerprint density at radius 1 is 1.11 bits per heavy atom. The maximum Gasteiger partial charge on any atom is 0.223 e. The van der Waals surface area contributed by atoms with Crippen LogP contribution in [0.5, 0.6) is 11.6 Å². The van der Waals surface area contributed by atoms with Crippen LogP contribution in [0, 0.1) is 20.8 Å². The molecule has 0 aliphatic carbocycles. The van der Waals surface area contributed by atoms with Crippen molar-refractivity contribution < 1.29 is 4.74 Å². The topological polar surface area (TPSA) is 48.1 Å². The summed E-state index contributed by atoms with van der Waals surface area (Å²) in [4.78, 5) is 4.30. The third-order valence-corrected chi connectivity index (χ3v) is 3.36. The van der Waals surface area contributed by atoms with Crippen molar-refractivity contribution in [1.29, 1.82) is 0 Å². The summed E-state index contributed by atoms with van der Waals surface area (Å²) in [6.07, 6.45) is 1.72. The summed E-state index contributed by atoms with van der Waals surface area (Å²) in [6.45, 7) is 8.11. The van der Waals surface area contributed by atoms with Crippen molar-refractivity contribution in [2.24, 2.45) is 5.73 Å². The molecule has 2 aromatic rings. The summed E-state index contributed by atoms with van der Waals surface area (Å²) < 4.78 is 6.02. The monoisotopic (exact) mass is 256 g/mol. The molecule has 1 heterocycles. The van der Waals surface area contributed by atoms with Crippen molar-refractivity contribution in [2.45, 2.75) is 33.7 Å². The van der Waals surface area contributed by atoms with Crippen LogP contribution in [0.1, 0.15) is 35.2 Å². The highest BCUT2D eigenvalue weighted by Crippen LogP contribution is 2.32. The van der Waals surface area contributed by atoms with Crippen LogP contribution in [-0.4, -0.2) is 4.98 Å². The lowest BCUT2D eigenvalue weighted by Gasteiger charge is -2.16. The Bertz CT molecular complexity index is 591. The molecule has 1 atom stereocenters. The number of nitrogens with two attached hydrogens (primary N) is 1. The normalized spacial score (nSPS) is 12.3. The molecule has 0 unspecified atom stereocenters. The van der Waals surface area contributed by atoms with Crippen LogP contribution in [0.2, 0.25) is 0 Å². The van der Waals surface area contributed by atoms with E-state index in [4.69, 9.17) is 10.5 Å². The van der Waals surface area contributed by atoms with Crippen LogP contribution < -0.4 is 10.5 Å². The zero-order chi connectivity index (χ0) is 14.0. The van der Waals surface area contributed by atoms with Crippen molar-refractivity contribution >= 4 is 0 Å². The van der Waals surface area contributed by atoms with Crippen LogP contribution in [0.4, 0.5) is 0 Å². The summed E-state index contributed by atoms with van der Waals surface area (Å²) >= 11 is 0. The number of rotatable bonds is 3. The van der Waals surface area contributed by atoms with Gasteiger partial charge in [-0.15, -0.1) is 0 Å². The summed E-state index contributed by atoms with van der Waals surface area (Å²) in [6, 6.07) is 7.89. The first-order valence-corrected chi connectivity index (χ1v) is 6.46. The Morgan fingerprint density at radius 2 is 1.79 bits per heavy atom. The van der Waals surface area contributed by atoms with E-state index in [-0.39, 0.29) is 6.04 Å². The Kier molecular flexibility index (Phi) is 3.86. The molecule has 0 radical (unpaired) electrons. The molecule has 3 nitrogen and oxygen atoms in total. The lowest BCUT2D eigenvalue weighted by atomic mass is 10.1. The Labute approximate surface area is 114 Å². The smallest absolute Gasteiger partial charge is 0.223 e. The van der Waals surface area contributed by atoms with Crippen LogP contribution >= 0.6 is 0 Å². The first-order valence-electron chi connectivity index (χ1n) is 6.46. The first kappa shape index (κ1) is 13.6. The molecule has 0 aliphatic heterocycles. The van der Waals surface area contributed by atoms with Gasteiger partial charge in [0, 0.05) is 17.8 Å². The van der Waals surface area contributed by atoms with E-state index >= 15 is 0 Å². The average Bonchev–Trinajstić information content (AvgIpc) is 2.39. The minimum atomic E-state index is -0.103. The molecular weight excluding hydrogens is 236 g/mol. The summed E-state index contributed by atoms with van der Waals surface area (Å²) in [7, 11) is 0. The van der Waals surface area contributed by atoms with Gasteiger partial charge in [-0.2, -0.15) is 0 Å². The highest BCUT2D eigenvalue weighted by atomic mass is 16.5. The van der Waals surface area contributed by atoms with Gasteiger partial charge in [0.15, 0.2) is 0 Å². The van der Waals surface area contributed by atoms with E-state index in [0.29, 0.717) is 5.88 Å². The van der Waals surface area contributed by atoms with Gasteiger partial charge in [-0.1, -0.05) is 18.2 Å². The minimum absolute atomic E-state index is 0.103. The zero-order valence-corrected chi connectivity index (χ0v) is 11.9. The van der Waals surface area contributed by atoms with Crippen molar-refractivity contribution in [1.82, 2.24) is 4.98 Å². The fourth-order valence-corrected chi connectivity index (χ4v) is 2.01. The molecule has 3 heteroatoms. The molecule has 0 saturated heterocycles. The summed E-state index contributed by atoms with van der Waals surface area (Å²) in [5.41, 5.74) is 10.3. The van der Waals surface area contributed by atoms with Gasteiger partial charge in [-0.25, -0.2) is 4.98 Å². The van der Waals surface area contributed by atoms with E-state index in [0.717, 1.165) is 22.4 Å². The van der Waals surface area contributed by atoms with E-state index in [2.05, 4.69) is 31.0 Å². The molecule has 0 bridgehead atoms. The van der Waals surface area contributed by atoms with Gasteiger partial charge in [0.25, 0.3) is 0 Å². The molecule has 0 saturated carbocycles. The maximum absolute atomic E-state index is 6.02. The number of ether oxygens (including phenoxy) is 1. The quantitative estimate of drug-likeness (QED) is 0.908. The summed E-state index contributed by atoms with van der Waals surface area (Å²) in [5, 5.41) is 0. The van der Waals surface area contributed by atoms with Crippen LogP contribution in [0.25, 0.3) is 0 Å². The first-order chi connectivity index (χ1) is 9.00. The number of benzene rings is 1. The van der Waals surface area contributed by atoms with E-state index in [1.54, 1.807) is 6.20 Å². The molecule has 1 aromatic heterocycles. The Balaban J connectivity index is 2.45. The van der Waals surface area contributed by atoms with Gasteiger partial charge in [-0.05, 0) is 50.5 Å². The van der Waals surface area contributed by atoms with Gasteiger partial charge in [0.05, 0.1) is 0 Å². The second-order valence-corrected chi connectivity index (χ2v) is 4.94. The van der Waals surface area contributed by atoms with Crippen molar-refractivity contribution in [3.05, 3.63) is 52.7 Å². The van der Waals surface area contributed by atoms with E-state index in [9.17, 15) is 0 Å². The van der Waals surface area contributed by atoms with E-state index in [1.165, 1.54) is 5.56 Å². The third-order valence-electron chi connectivity index (χ3n) is 3.36. The molecule has 0 amide bonds. The van der Waals surface area contributed by atoms with Gasteiger partial charge in [0.1, 0.15) is 5.75 Å². The number of nitrogens with zero attached hydrogens (tertiary/aromatic N) is 1. The molecule has 1 aromatic carbocycles. The SMILES string of the molecule is Cc1ccc(C)c(Oc2ncccc2[C@@H](C)N)c1C. The van der Waals surface area contributed by atoms with Crippen LogP contribution in [0.15, 0.2) is 30.5 Å². The van der Waals surface area contributed by atoms with E-state index < -0.39 is 0 Å². The second kappa shape index (κ2) is 5.41. The fraction of sp³-hybridized carbons (Fsp3) is 0.312. The molecule has 0 spiro atoms. The lowest BCUT2D eigenvalue weighted by molar-refractivity contribution is 0.445. The molecule has 2 rings (SSSR count). The highest BCUT2D eigenvalue weighted by molar-refractivity contribution is 5.47. The minimum Gasteiger partial charge on any atom is -0.438 e. The van der Waals surface area contributed by atoms with Gasteiger partial charge < -0.3 is 10.5 Å². The Hall–Kier alpha value is -1.87. The number of hydrogen-bond acceptors (Lipinski definition) is 3. The standard InChI is InChI=1S/C16H20N2O/c1-10-7-8-11(2)15(12(10)3)19-16-14(13(4)17)6-5-9-18-16/h5-9,13H,17H2,1-4H3/t13-/m1/s1. The van der Waals surface area contributed by atoms with Crippen molar-refractivity contribution in [2.75, 3.05) is 0 Å².